The molecule has 0 aliphatic carbocycles. The maximum atomic E-state index is 13.6. The number of aromatic nitrogens is 2. The Balaban J connectivity index is 1.57. The fraction of sp³-hybridized carbons (Fsp3) is 0.346. The molecule has 0 bridgehead atoms. The molecule has 38 heavy (non-hydrogen) atoms. The zero-order valence-electron chi connectivity index (χ0n) is 20.8. The topological polar surface area (TPSA) is 97.8 Å². The molecule has 1 aromatic heterocycles. The van der Waals surface area contributed by atoms with E-state index in [9.17, 15) is 9.18 Å². The van der Waals surface area contributed by atoms with Crippen LogP contribution in [0.2, 0.25) is 5.02 Å². The van der Waals surface area contributed by atoms with Crippen molar-refractivity contribution in [1.29, 1.82) is 0 Å². The second-order valence-corrected chi connectivity index (χ2v) is 9.66. The summed E-state index contributed by atoms with van der Waals surface area (Å²) in [5.41, 5.74) is 2.73. The molecular weight excluding hydrogens is 628 g/mol. The SMILES string of the molecule is COCCOc1cc2ncnc(Nc3ccc(F)c(Cl)c3)c2cc1NC(=O)C=C1CCN(CCOI)CC1. The van der Waals surface area contributed by atoms with Crippen LogP contribution in [0.4, 0.5) is 21.6 Å². The van der Waals surface area contributed by atoms with Gasteiger partial charge in [0.1, 0.15) is 53.3 Å². The third-order valence-corrected chi connectivity index (χ3v) is 6.77. The highest BCUT2D eigenvalue weighted by Gasteiger charge is 2.17. The first-order valence-electron chi connectivity index (χ1n) is 12.1. The van der Waals surface area contributed by atoms with Gasteiger partial charge in [0, 0.05) is 50.0 Å². The fourth-order valence-corrected chi connectivity index (χ4v) is 4.45. The number of carbonyl (C=O) groups is 1. The van der Waals surface area contributed by atoms with Gasteiger partial charge in [-0.15, -0.1) is 0 Å². The normalized spacial score (nSPS) is 13.9. The Morgan fingerprint density at radius 3 is 2.74 bits per heavy atom. The number of ether oxygens (including phenoxy) is 2. The Morgan fingerprint density at radius 2 is 2.00 bits per heavy atom. The van der Waals surface area contributed by atoms with Crippen LogP contribution in [0.5, 0.6) is 5.75 Å². The van der Waals surface area contributed by atoms with E-state index in [4.69, 9.17) is 24.1 Å². The zero-order valence-corrected chi connectivity index (χ0v) is 23.7. The van der Waals surface area contributed by atoms with Gasteiger partial charge < -0.3 is 28.1 Å². The molecule has 1 aliphatic heterocycles. The molecule has 1 amide bonds. The van der Waals surface area contributed by atoms with Crippen molar-refractivity contribution in [2.75, 3.05) is 57.2 Å². The Kier molecular flexibility index (Phi) is 10.5. The van der Waals surface area contributed by atoms with Gasteiger partial charge in [0.2, 0.25) is 5.91 Å². The number of rotatable bonds is 11. The molecule has 2 aromatic carbocycles. The molecule has 1 saturated heterocycles. The number of methoxy groups -OCH3 is 1. The van der Waals surface area contributed by atoms with Crippen LogP contribution >= 0.6 is 34.6 Å². The Hall–Kier alpha value is -2.58. The van der Waals surface area contributed by atoms with Crippen molar-refractivity contribution in [3.8, 4) is 5.75 Å². The number of likely N-dealkylation sites (tertiary alicyclic amines) is 1. The van der Waals surface area contributed by atoms with Crippen molar-refractivity contribution >= 4 is 68.6 Å². The van der Waals surface area contributed by atoms with Gasteiger partial charge in [0.05, 0.1) is 29.4 Å². The molecule has 3 aromatic rings. The fourth-order valence-electron chi connectivity index (χ4n) is 4.07. The highest BCUT2D eigenvalue weighted by Crippen LogP contribution is 2.34. The molecule has 0 saturated carbocycles. The highest BCUT2D eigenvalue weighted by molar-refractivity contribution is 14.1. The number of anilines is 3. The van der Waals surface area contributed by atoms with Crippen molar-refractivity contribution < 1.29 is 21.7 Å². The standard InChI is InChI=1S/C26H28ClFIN5O4/c1-36-10-11-37-24-15-22-19(26(31-16-30-22)32-18-2-3-21(28)20(27)13-18)14-23(24)33-25(35)12-17-4-6-34(7-5-17)8-9-38-29/h2-3,12-16H,4-11H2,1H3,(H,33,35)(H,30,31,32). The first kappa shape index (κ1) is 28.4. The van der Waals surface area contributed by atoms with Crippen LogP contribution in [0, 0.1) is 5.82 Å². The Labute approximate surface area is 239 Å². The molecular formula is C26H28ClFIN5O4. The quantitative estimate of drug-likeness (QED) is 0.159. The predicted octanol–water partition coefficient (Wildman–Crippen LogP) is 5.52. The average Bonchev–Trinajstić information content (AvgIpc) is 2.91. The van der Waals surface area contributed by atoms with Crippen molar-refractivity contribution in [2.45, 2.75) is 12.8 Å². The van der Waals surface area contributed by atoms with Crippen LogP contribution in [0.1, 0.15) is 12.8 Å². The molecule has 1 aliphatic rings. The summed E-state index contributed by atoms with van der Waals surface area (Å²) < 4.78 is 29.7. The summed E-state index contributed by atoms with van der Waals surface area (Å²) in [6, 6.07) is 7.81. The zero-order chi connectivity index (χ0) is 26.9. The molecule has 0 radical (unpaired) electrons. The van der Waals surface area contributed by atoms with Crippen molar-refractivity contribution in [3.63, 3.8) is 0 Å². The van der Waals surface area contributed by atoms with E-state index in [1.807, 2.05) is 23.0 Å². The van der Waals surface area contributed by atoms with Crippen molar-refractivity contribution in [3.05, 3.63) is 59.1 Å². The number of piperidine rings is 1. The van der Waals surface area contributed by atoms with E-state index in [0.29, 0.717) is 53.7 Å². The monoisotopic (exact) mass is 655 g/mol. The number of halogens is 3. The number of hydrogen-bond acceptors (Lipinski definition) is 8. The second-order valence-electron chi connectivity index (χ2n) is 8.63. The molecule has 4 rings (SSSR count). The summed E-state index contributed by atoms with van der Waals surface area (Å²) in [4.78, 5) is 24.0. The molecule has 12 heteroatoms. The minimum absolute atomic E-state index is 0.00708. The number of amides is 1. The van der Waals surface area contributed by atoms with E-state index in [1.165, 1.54) is 18.5 Å². The number of fused-ring (bicyclic) bond motifs is 1. The summed E-state index contributed by atoms with van der Waals surface area (Å²) in [6.07, 6.45) is 4.73. The van der Waals surface area contributed by atoms with Gasteiger partial charge in [-0.3, -0.25) is 4.79 Å². The smallest absolute Gasteiger partial charge is 0.248 e. The molecule has 202 valence electrons. The van der Waals surface area contributed by atoms with E-state index < -0.39 is 5.82 Å². The largest absolute Gasteiger partial charge is 0.489 e. The summed E-state index contributed by atoms with van der Waals surface area (Å²) >= 11 is 7.84. The summed E-state index contributed by atoms with van der Waals surface area (Å²) in [5, 5.41) is 6.74. The molecule has 0 unspecified atom stereocenters. The van der Waals surface area contributed by atoms with Gasteiger partial charge in [-0.25, -0.2) is 14.4 Å². The van der Waals surface area contributed by atoms with Crippen LogP contribution in [0.3, 0.4) is 0 Å². The molecule has 9 nitrogen and oxygen atoms in total. The van der Waals surface area contributed by atoms with Gasteiger partial charge >= 0.3 is 0 Å². The molecule has 2 heterocycles. The molecule has 2 N–H and O–H groups in total. The van der Waals surface area contributed by atoms with Gasteiger partial charge in [-0.1, -0.05) is 17.2 Å². The second kappa shape index (κ2) is 14.0. The summed E-state index contributed by atoms with van der Waals surface area (Å²) in [5.74, 6) is 0.181. The Bertz CT molecular complexity index is 1300. The van der Waals surface area contributed by atoms with Crippen molar-refractivity contribution in [1.82, 2.24) is 14.9 Å². The lowest BCUT2D eigenvalue weighted by Gasteiger charge is -2.27. The lowest BCUT2D eigenvalue weighted by Crippen LogP contribution is -2.33. The van der Waals surface area contributed by atoms with E-state index in [0.717, 1.165) is 38.0 Å². The maximum Gasteiger partial charge on any atom is 0.248 e. The van der Waals surface area contributed by atoms with Crippen LogP contribution in [-0.4, -0.2) is 67.3 Å². The summed E-state index contributed by atoms with van der Waals surface area (Å²) in [6.45, 7) is 4.02. The van der Waals surface area contributed by atoms with Crippen LogP contribution in [0.15, 0.2) is 48.3 Å². The van der Waals surface area contributed by atoms with Crippen LogP contribution in [0.25, 0.3) is 10.9 Å². The molecule has 0 atom stereocenters. The third-order valence-electron chi connectivity index (χ3n) is 6.04. The van der Waals surface area contributed by atoms with Crippen LogP contribution < -0.4 is 15.4 Å². The van der Waals surface area contributed by atoms with Gasteiger partial charge in [0.25, 0.3) is 0 Å². The van der Waals surface area contributed by atoms with Crippen LogP contribution in [-0.2, 0) is 12.6 Å². The first-order chi connectivity index (χ1) is 18.5. The third kappa shape index (κ3) is 7.73. The lowest BCUT2D eigenvalue weighted by molar-refractivity contribution is -0.112. The number of hydrogen-bond donors (Lipinski definition) is 2. The molecule has 1 fully saturated rings. The van der Waals surface area contributed by atoms with E-state index in [1.54, 1.807) is 31.4 Å². The van der Waals surface area contributed by atoms with E-state index in [2.05, 4.69) is 25.5 Å². The van der Waals surface area contributed by atoms with Gasteiger partial charge in [-0.2, -0.15) is 0 Å². The predicted molar refractivity (Wildman–Crippen MR) is 154 cm³/mol. The lowest BCUT2D eigenvalue weighted by atomic mass is 10.0. The number of nitrogens with zero attached hydrogens (tertiary/aromatic N) is 3. The minimum Gasteiger partial charge on any atom is -0.489 e. The molecule has 0 spiro atoms. The number of nitrogens with one attached hydrogen (secondary N) is 2. The van der Waals surface area contributed by atoms with Crippen molar-refractivity contribution in [2.24, 2.45) is 0 Å². The maximum absolute atomic E-state index is 13.6. The van der Waals surface area contributed by atoms with E-state index in [-0.39, 0.29) is 10.9 Å². The average molecular weight is 656 g/mol. The van der Waals surface area contributed by atoms with Gasteiger partial charge in [0.15, 0.2) is 0 Å². The van der Waals surface area contributed by atoms with Gasteiger partial charge in [-0.05, 0) is 37.1 Å². The highest BCUT2D eigenvalue weighted by atomic mass is 127. The minimum atomic E-state index is -0.512. The van der Waals surface area contributed by atoms with E-state index >= 15 is 0 Å². The Morgan fingerprint density at radius 1 is 1.18 bits per heavy atom. The summed E-state index contributed by atoms with van der Waals surface area (Å²) in [7, 11) is 1.59. The number of carbonyl (C=O) groups excluding carboxylic acids is 1. The number of benzene rings is 2. The first-order valence-corrected chi connectivity index (χ1v) is 13.3.